The smallest absolute Gasteiger partial charge is 0.254 e. The van der Waals surface area contributed by atoms with Gasteiger partial charge in [0.05, 0.1) is 4.47 Å². The molecule has 1 saturated heterocycles. The van der Waals surface area contributed by atoms with E-state index in [-0.39, 0.29) is 24.4 Å². The highest BCUT2D eigenvalue weighted by Gasteiger charge is 2.24. The maximum Gasteiger partial charge on any atom is 0.254 e. The van der Waals surface area contributed by atoms with Gasteiger partial charge in [-0.25, -0.2) is 4.39 Å². The summed E-state index contributed by atoms with van der Waals surface area (Å²) in [7, 11) is 0. The maximum atomic E-state index is 13.3. The molecule has 1 atom stereocenters. The first-order valence-corrected chi connectivity index (χ1v) is 5.87. The van der Waals surface area contributed by atoms with Gasteiger partial charge in [-0.1, -0.05) is 0 Å². The molecule has 1 aliphatic rings. The van der Waals surface area contributed by atoms with E-state index in [4.69, 9.17) is 5.73 Å². The Kier molecular flexibility index (Phi) is 4.91. The fourth-order valence-electron chi connectivity index (χ4n) is 1.78. The fourth-order valence-corrected chi connectivity index (χ4v) is 2.03. The second-order valence-corrected chi connectivity index (χ2v) is 4.78. The van der Waals surface area contributed by atoms with Crippen LogP contribution in [0.25, 0.3) is 0 Å². The lowest BCUT2D eigenvalue weighted by Gasteiger charge is -2.15. The number of carbonyl (C=O) groups excluding carboxylic acids is 1. The van der Waals surface area contributed by atoms with E-state index < -0.39 is 5.82 Å². The van der Waals surface area contributed by atoms with Crippen molar-refractivity contribution >= 4 is 34.2 Å². The van der Waals surface area contributed by atoms with E-state index in [0.29, 0.717) is 23.1 Å². The number of benzene rings is 1. The molecule has 0 radical (unpaired) electrons. The highest BCUT2D eigenvalue weighted by atomic mass is 79.9. The zero-order valence-electron chi connectivity index (χ0n) is 9.03. The van der Waals surface area contributed by atoms with Gasteiger partial charge in [-0.05, 0) is 40.5 Å². The van der Waals surface area contributed by atoms with Crippen LogP contribution in [0, 0.1) is 5.82 Å². The summed E-state index contributed by atoms with van der Waals surface area (Å²) in [4.78, 5) is 13.6. The van der Waals surface area contributed by atoms with Crippen molar-refractivity contribution in [2.24, 2.45) is 5.73 Å². The van der Waals surface area contributed by atoms with Crippen molar-refractivity contribution in [3.05, 3.63) is 34.1 Å². The molecular weight excluding hydrogens is 310 g/mol. The van der Waals surface area contributed by atoms with Gasteiger partial charge in [0.1, 0.15) is 5.82 Å². The van der Waals surface area contributed by atoms with Gasteiger partial charge in [0.2, 0.25) is 0 Å². The molecule has 1 fully saturated rings. The predicted molar refractivity (Wildman–Crippen MR) is 69.8 cm³/mol. The summed E-state index contributed by atoms with van der Waals surface area (Å²) in [5.41, 5.74) is 6.09. The molecule has 1 heterocycles. The van der Waals surface area contributed by atoms with E-state index in [9.17, 15) is 9.18 Å². The second kappa shape index (κ2) is 5.80. The van der Waals surface area contributed by atoms with E-state index in [0.717, 1.165) is 6.42 Å². The van der Waals surface area contributed by atoms with Gasteiger partial charge in [0.15, 0.2) is 0 Å². The summed E-state index contributed by atoms with van der Waals surface area (Å²) in [6.45, 7) is 1.20. The van der Waals surface area contributed by atoms with Crippen molar-refractivity contribution in [2.75, 3.05) is 13.1 Å². The van der Waals surface area contributed by atoms with E-state index in [1.165, 1.54) is 6.07 Å². The molecule has 1 aromatic carbocycles. The van der Waals surface area contributed by atoms with Gasteiger partial charge < -0.3 is 10.6 Å². The summed E-state index contributed by atoms with van der Waals surface area (Å²) in [6.07, 6.45) is 0.810. The van der Waals surface area contributed by atoms with Crippen LogP contribution in [0.4, 0.5) is 4.39 Å². The molecule has 1 amide bonds. The van der Waals surface area contributed by atoms with E-state index >= 15 is 0 Å². The van der Waals surface area contributed by atoms with Gasteiger partial charge >= 0.3 is 0 Å². The van der Waals surface area contributed by atoms with Gasteiger partial charge in [0.25, 0.3) is 5.91 Å². The van der Waals surface area contributed by atoms with Gasteiger partial charge in [0, 0.05) is 24.7 Å². The normalized spacial score (nSPS) is 19.0. The Bertz CT molecular complexity index is 430. The monoisotopic (exact) mass is 322 g/mol. The Labute approximate surface area is 114 Å². The van der Waals surface area contributed by atoms with Crippen LogP contribution in [0.1, 0.15) is 16.8 Å². The van der Waals surface area contributed by atoms with Gasteiger partial charge in [-0.2, -0.15) is 0 Å². The summed E-state index contributed by atoms with van der Waals surface area (Å²) in [6, 6.07) is 4.44. The number of hydrogen-bond donors (Lipinski definition) is 1. The molecule has 94 valence electrons. The van der Waals surface area contributed by atoms with Crippen molar-refractivity contribution in [2.45, 2.75) is 12.5 Å². The number of amides is 1. The first-order valence-electron chi connectivity index (χ1n) is 5.08. The Balaban J connectivity index is 0.00000144. The van der Waals surface area contributed by atoms with Crippen LogP contribution in [0.15, 0.2) is 22.7 Å². The molecule has 1 aromatic rings. The summed E-state index contributed by atoms with van der Waals surface area (Å²) >= 11 is 3.05. The molecule has 0 aliphatic carbocycles. The quantitative estimate of drug-likeness (QED) is 0.861. The molecule has 17 heavy (non-hydrogen) atoms. The minimum absolute atomic E-state index is 0. The number of nitrogens with two attached hydrogens (primary N) is 1. The lowest BCUT2D eigenvalue weighted by molar-refractivity contribution is 0.0790. The van der Waals surface area contributed by atoms with E-state index in [1.54, 1.807) is 17.0 Å². The molecule has 3 nitrogen and oxygen atoms in total. The molecule has 6 heteroatoms. The first kappa shape index (κ1) is 14.4. The lowest BCUT2D eigenvalue weighted by atomic mass is 10.2. The largest absolute Gasteiger partial charge is 0.337 e. The lowest BCUT2D eigenvalue weighted by Crippen LogP contribution is -2.31. The SMILES string of the molecule is Cl.NC1CCN(C(=O)c2ccc(Br)c(F)c2)C1. The standard InChI is InChI=1S/C11H12BrFN2O.ClH/c12-9-2-1-7(5-10(9)13)11(16)15-4-3-8(14)6-15;/h1-2,5,8H,3-4,6,14H2;1H. The van der Waals surface area contributed by atoms with E-state index in [2.05, 4.69) is 15.9 Å². The van der Waals surface area contributed by atoms with Crippen LogP contribution >= 0.6 is 28.3 Å². The van der Waals surface area contributed by atoms with Crippen LogP contribution in [-0.2, 0) is 0 Å². The predicted octanol–water partition coefficient (Wildman–Crippen LogP) is 2.18. The molecule has 1 aliphatic heterocycles. The number of hydrogen-bond acceptors (Lipinski definition) is 2. The topological polar surface area (TPSA) is 46.3 Å². The Morgan fingerprint density at radius 1 is 1.53 bits per heavy atom. The average molecular weight is 324 g/mol. The summed E-state index contributed by atoms with van der Waals surface area (Å²) in [5, 5.41) is 0. The Hall–Kier alpha value is -0.650. The van der Waals surface area contributed by atoms with Crippen LogP contribution in [0.3, 0.4) is 0 Å². The zero-order chi connectivity index (χ0) is 11.7. The minimum Gasteiger partial charge on any atom is -0.337 e. The van der Waals surface area contributed by atoms with Crippen LogP contribution < -0.4 is 5.73 Å². The van der Waals surface area contributed by atoms with Gasteiger partial charge in [-0.15, -0.1) is 12.4 Å². The maximum absolute atomic E-state index is 13.3. The highest BCUT2D eigenvalue weighted by Crippen LogP contribution is 2.19. The highest BCUT2D eigenvalue weighted by molar-refractivity contribution is 9.10. The molecule has 2 rings (SSSR count). The molecule has 0 saturated carbocycles. The van der Waals surface area contributed by atoms with Crippen LogP contribution in [0.5, 0.6) is 0 Å². The fraction of sp³-hybridized carbons (Fsp3) is 0.364. The third-order valence-corrected chi connectivity index (χ3v) is 3.32. The third-order valence-electron chi connectivity index (χ3n) is 2.68. The first-order chi connectivity index (χ1) is 7.58. The van der Waals surface area contributed by atoms with Crippen molar-refractivity contribution in [3.8, 4) is 0 Å². The zero-order valence-corrected chi connectivity index (χ0v) is 11.4. The van der Waals surface area contributed by atoms with Crippen molar-refractivity contribution in [1.82, 2.24) is 4.90 Å². The Morgan fingerprint density at radius 2 is 2.24 bits per heavy atom. The third kappa shape index (κ3) is 3.18. The number of rotatable bonds is 1. The van der Waals surface area contributed by atoms with Crippen molar-refractivity contribution in [3.63, 3.8) is 0 Å². The van der Waals surface area contributed by atoms with Crippen molar-refractivity contribution < 1.29 is 9.18 Å². The summed E-state index contributed by atoms with van der Waals surface area (Å²) in [5.74, 6) is -0.575. The van der Waals surface area contributed by atoms with Crippen molar-refractivity contribution in [1.29, 1.82) is 0 Å². The van der Waals surface area contributed by atoms with Crippen LogP contribution in [0.2, 0.25) is 0 Å². The number of likely N-dealkylation sites (tertiary alicyclic amines) is 1. The Morgan fingerprint density at radius 3 is 2.76 bits per heavy atom. The number of carbonyl (C=O) groups is 1. The molecule has 2 N–H and O–H groups in total. The molecule has 0 bridgehead atoms. The number of nitrogens with zero attached hydrogens (tertiary/aromatic N) is 1. The van der Waals surface area contributed by atoms with E-state index in [1.807, 2.05) is 0 Å². The molecule has 1 unspecified atom stereocenters. The minimum atomic E-state index is -0.422. The van der Waals surface area contributed by atoms with Gasteiger partial charge in [-0.3, -0.25) is 4.79 Å². The molecular formula is C11H13BrClFN2O. The average Bonchev–Trinajstić information content (AvgIpc) is 2.68. The molecule has 0 aromatic heterocycles. The molecule has 0 spiro atoms. The number of halogens is 3. The summed E-state index contributed by atoms with van der Waals surface area (Å²) < 4.78 is 13.6. The second-order valence-electron chi connectivity index (χ2n) is 3.93. The van der Waals surface area contributed by atoms with Crippen LogP contribution in [-0.4, -0.2) is 29.9 Å².